The van der Waals surface area contributed by atoms with E-state index in [1.165, 1.54) is 0 Å². The van der Waals surface area contributed by atoms with Crippen molar-refractivity contribution in [3.8, 4) is 0 Å². The molecule has 0 unspecified atom stereocenters. The zero-order chi connectivity index (χ0) is 7.78. The molecule has 4 nitrogen and oxygen atoms in total. The van der Waals surface area contributed by atoms with Crippen LogP contribution in [-0.2, 0) is 4.74 Å². The van der Waals surface area contributed by atoms with Gasteiger partial charge < -0.3 is 20.1 Å². The average Bonchev–Trinajstić information content (AvgIpc) is 2.10. The van der Waals surface area contributed by atoms with Gasteiger partial charge in [-0.15, -0.1) is 0 Å². The Labute approximate surface area is 66.6 Å². The number of hydrogen-bond donors (Lipinski definition) is 3. The highest BCUT2D eigenvalue weighted by Crippen LogP contribution is 2.31. The summed E-state index contributed by atoms with van der Waals surface area (Å²) in [6, 6.07) is 0. The maximum atomic E-state index is 9.30. The average molecular weight is 213 g/mol. The van der Waals surface area contributed by atoms with Gasteiger partial charge >= 0.3 is 0 Å². The molecule has 1 fully saturated rings. The van der Waals surface area contributed by atoms with Crippen molar-refractivity contribution in [2.45, 2.75) is 16.7 Å². The second kappa shape index (κ2) is 2.75. The van der Waals surface area contributed by atoms with Crippen LogP contribution in [0.25, 0.3) is 0 Å². The minimum absolute atomic E-state index is 0.0486. The molecule has 60 valence electrons. The van der Waals surface area contributed by atoms with E-state index in [1.807, 2.05) is 0 Å². The number of aliphatic hydroxyl groups is 3. The zero-order valence-corrected chi connectivity index (χ0v) is 6.78. The van der Waals surface area contributed by atoms with Crippen molar-refractivity contribution < 1.29 is 20.1 Å². The largest absolute Gasteiger partial charge is 0.394 e. The predicted octanol–water partition coefficient (Wildman–Crippen LogP) is -1.18. The van der Waals surface area contributed by atoms with Gasteiger partial charge in [-0.1, -0.05) is 0 Å². The summed E-state index contributed by atoms with van der Waals surface area (Å²) in [5.41, 5.74) is 0. The highest BCUT2D eigenvalue weighted by Gasteiger charge is 2.47. The molecule has 0 spiro atoms. The fourth-order valence-electron chi connectivity index (χ4n) is 0.836. The lowest BCUT2D eigenvalue weighted by atomic mass is 10.1. The van der Waals surface area contributed by atoms with Crippen molar-refractivity contribution in [3.63, 3.8) is 0 Å². The Bertz CT molecular complexity index is 127. The molecule has 0 aromatic carbocycles. The van der Waals surface area contributed by atoms with Crippen LogP contribution in [-0.4, -0.2) is 45.3 Å². The molecule has 10 heavy (non-hydrogen) atoms. The third-order valence-corrected chi connectivity index (χ3v) is 2.58. The molecule has 0 saturated carbocycles. The molecule has 0 radical (unpaired) electrons. The van der Waals surface area contributed by atoms with Crippen LogP contribution >= 0.6 is 15.9 Å². The first kappa shape index (κ1) is 8.42. The molecule has 1 aliphatic rings. The molecule has 0 amide bonds. The first-order chi connectivity index (χ1) is 4.59. The Morgan fingerprint density at radius 3 is 2.50 bits per heavy atom. The minimum atomic E-state index is -1.48. The van der Waals surface area contributed by atoms with E-state index in [2.05, 4.69) is 15.9 Å². The second-order valence-corrected chi connectivity index (χ2v) is 3.52. The summed E-state index contributed by atoms with van der Waals surface area (Å²) in [6.45, 7) is -0.258. The summed E-state index contributed by atoms with van der Waals surface area (Å²) < 4.78 is 3.35. The van der Waals surface area contributed by atoms with Crippen molar-refractivity contribution in [2.24, 2.45) is 0 Å². The van der Waals surface area contributed by atoms with E-state index in [0.717, 1.165) is 0 Å². The molecule has 1 rings (SSSR count). The third kappa shape index (κ3) is 1.19. The predicted molar refractivity (Wildman–Crippen MR) is 36.7 cm³/mol. The maximum Gasteiger partial charge on any atom is 0.175 e. The standard InChI is InChI=1S/C5H9BrO4/c6-5(9)3(8)2-10-4(5)1-7/h3-4,7-9H,1-2H2/t3-,4+,5-/m1/s1. The van der Waals surface area contributed by atoms with Crippen molar-refractivity contribution >= 4 is 15.9 Å². The molecule has 0 aromatic heterocycles. The lowest BCUT2D eigenvalue weighted by molar-refractivity contribution is -0.0238. The summed E-state index contributed by atoms with van der Waals surface area (Å²) in [5, 5.41) is 26.9. The number of rotatable bonds is 1. The van der Waals surface area contributed by atoms with E-state index in [-0.39, 0.29) is 13.2 Å². The summed E-state index contributed by atoms with van der Waals surface area (Å²) in [6.07, 6.45) is -1.70. The fourth-order valence-corrected chi connectivity index (χ4v) is 1.25. The molecule has 3 N–H and O–H groups in total. The van der Waals surface area contributed by atoms with Crippen LogP contribution in [0.1, 0.15) is 0 Å². The van der Waals surface area contributed by atoms with Crippen molar-refractivity contribution in [3.05, 3.63) is 0 Å². The Kier molecular flexibility index (Phi) is 2.31. The second-order valence-electron chi connectivity index (χ2n) is 2.25. The maximum absolute atomic E-state index is 9.30. The Hall–Kier alpha value is 0.320. The van der Waals surface area contributed by atoms with Crippen LogP contribution in [0.2, 0.25) is 0 Å². The van der Waals surface area contributed by atoms with Crippen LogP contribution in [0.5, 0.6) is 0 Å². The molecule has 1 saturated heterocycles. The highest BCUT2D eigenvalue weighted by atomic mass is 79.9. The van der Waals surface area contributed by atoms with Gasteiger partial charge in [0.05, 0.1) is 13.2 Å². The molecular formula is C5H9BrO4. The van der Waals surface area contributed by atoms with Gasteiger partial charge in [-0.2, -0.15) is 0 Å². The quantitative estimate of drug-likeness (QED) is 0.479. The van der Waals surface area contributed by atoms with Crippen molar-refractivity contribution in [1.29, 1.82) is 0 Å². The van der Waals surface area contributed by atoms with Gasteiger partial charge in [0.2, 0.25) is 0 Å². The Morgan fingerprint density at radius 2 is 2.30 bits per heavy atom. The number of hydrogen-bond acceptors (Lipinski definition) is 4. The van der Waals surface area contributed by atoms with Gasteiger partial charge in [-0.05, 0) is 15.9 Å². The molecule has 3 atom stereocenters. The van der Waals surface area contributed by atoms with E-state index >= 15 is 0 Å². The summed E-state index contributed by atoms with van der Waals surface area (Å²) in [5.74, 6) is 0. The van der Waals surface area contributed by atoms with Crippen molar-refractivity contribution in [2.75, 3.05) is 13.2 Å². The summed E-state index contributed by atoms with van der Waals surface area (Å²) in [4.78, 5) is 0. The summed E-state index contributed by atoms with van der Waals surface area (Å²) >= 11 is 2.85. The number of alkyl halides is 1. The van der Waals surface area contributed by atoms with Gasteiger partial charge in [0, 0.05) is 0 Å². The van der Waals surface area contributed by atoms with E-state index in [4.69, 9.17) is 14.9 Å². The minimum Gasteiger partial charge on any atom is -0.394 e. The number of ether oxygens (including phenoxy) is 1. The normalized spacial score (nSPS) is 48.0. The first-order valence-electron chi connectivity index (χ1n) is 2.91. The molecule has 0 aromatic rings. The number of halogens is 1. The Morgan fingerprint density at radius 1 is 1.70 bits per heavy atom. The molecule has 1 aliphatic heterocycles. The van der Waals surface area contributed by atoms with Crippen LogP contribution in [0.3, 0.4) is 0 Å². The van der Waals surface area contributed by atoms with Gasteiger partial charge in [0.1, 0.15) is 12.2 Å². The van der Waals surface area contributed by atoms with Gasteiger partial charge in [0.25, 0.3) is 0 Å². The van der Waals surface area contributed by atoms with E-state index in [9.17, 15) is 5.11 Å². The van der Waals surface area contributed by atoms with Gasteiger partial charge in [0.15, 0.2) is 4.51 Å². The van der Waals surface area contributed by atoms with Crippen LogP contribution in [0.4, 0.5) is 0 Å². The lowest BCUT2D eigenvalue weighted by Crippen LogP contribution is -2.42. The topological polar surface area (TPSA) is 69.9 Å². The SMILES string of the molecule is OC[C@@H]1OC[C@@H](O)[C@]1(O)Br. The van der Waals surface area contributed by atoms with Crippen LogP contribution < -0.4 is 0 Å². The summed E-state index contributed by atoms with van der Waals surface area (Å²) in [7, 11) is 0. The van der Waals surface area contributed by atoms with Gasteiger partial charge in [-0.25, -0.2) is 0 Å². The number of aliphatic hydroxyl groups excluding tert-OH is 2. The highest BCUT2D eigenvalue weighted by molar-refractivity contribution is 9.10. The lowest BCUT2D eigenvalue weighted by Gasteiger charge is -2.22. The van der Waals surface area contributed by atoms with E-state index < -0.39 is 16.7 Å². The third-order valence-electron chi connectivity index (χ3n) is 1.54. The molecule has 0 aliphatic carbocycles. The van der Waals surface area contributed by atoms with Gasteiger partial charge in [-0.3, -0.25) is 0 Å². The van der Waals surface area contributed by atoms with Crippen LogP contribution in [0, 0.1) is 0 Å². The monoisotopic (exact) mass is 212 g/mol. The fraction of sp³-hybridized carbons (Fsp3) is 1.00. The molecular weight excluding hydrogens is 204 g/mol. The molecule has 5 heteroatoms. The molecule has 0 bridgehead atoms. The first-order valence-corrected chi connectivity index (χ1v) is 3.70. The smallest absolute Gasteiger partial charge is 0.175 e. The Balaban J connectivity index is 2.64. The van der Waals surface area contributed by atoms with E-state index in [0.29, 0.717) is 0 Å². The zero-order valence-electron chi connectivity index (χ0n) is 5.20. The molecule has 1 heterocycles. The van der Waals surface area contributed by atoms with E-state index in [1.54, 1.807) is 0 Å². The van der Waals surface area contributed by atoms with Crippen molar-refractivity contribution in [1.82, 2.24) is 0 Å². The van der Waals surface area contributed by atoms with Crippen LogP contribution in [0.15, 0.2) is 0 Å².